The highest BCUT2D eigenvalue weighted by molar-refractivity contribution is 7.89. The fourth-order valence-electron chi connectivity index (χ4n) is 0.948. The normalized spacial score (nSPS) is 13.1. The Bertz CT molecular complexity index is 247. The molecule has 86 valence electrons. The number of sulfonamides is 1. The number of rotatable bonds is 7. The molecule has 0 radical (unpaired) electrons. The van der Waals surface area contributed by atoms with Gasteiger partial charge in [0.15, 0.2) is 0 Å². The van der Waals surface area contributed by atoms with E-state index < -0.39 is 10.0 Å². The second-order valence-electron chi connectivity index (χ2n) is 4.09. The van der Waals surface area contributed by atoms with Crippen LogP contribution < -0.4 is 4.72 Å². The molecular formula is C9H21NO3S. The quantitative estimate of drug-likeness (QED) is 0.629. The number of hydrogen-bond donors (Lipinski definition) is 2. The third-order valence-corrected chi connectivity index (χ3v) is 3.83. The van der Waals surface area contributed by atoms with Gasteiger partial charge in [0.1, 0.15) is 0 Å². The van der Waals surface area contributed by atoms with Gasteiger partial charge in [-0.2, -0.15) is 0 Å². The Balaban J connectivity index is 4.08. The van der Waals surface area contributed by atoms with Crippen molar-refractivity contribution < 1.29 is 13.5 Å². The first-order valence-electron chi connectivity index (χ1n) is 4.95. The lowest BCUT2D eigenvalue weighted by atomic mass is 10.0. The van der Waals surface area contributed by atoms with Crippen LogP contribution in [0, 0.1) is 0 Å². The van der Waals surface area contributed by atoms with E-state index in [0.29, 0.717) is 12.8 Å². The summed E-state index contributed by atoms with van der Waals surface area (Å²) in [5, 5.41) is 8.53. The van der Waals surface area contributed by atoms with Crippen LogP contribution in [-0.2, 0) is 10.0 Å². The van der Waals surface area contributed by atoms with E-state index in [0.717, 1.165) is 6.42 Å². The van der Waals surface area contributed by atoms with Crippen LogP contribution in [0.25, 0.3) is 0 Å². The average Bonchev–Trinajstić information content (AvgIpc) is 2.03. The minimum absolute atomic E-state index is 0.0483. The van der Waals surface area contributed by atoms with E-state index in [4.69, 9.17) is 5.11 Å². The van der Waals surface area contributed by atoms with Crippen molar-refractivity contribution in [3.63, 3.8) is 0 Å². The lowest BCUT2D eigenvalue weighted by Crippen LogP contribution is -2.43. The molecule has 0 aromatic heterocycles. The molecule has 0 aliphatic heterocycles. The van der Waals surface area contributed by atoms with E-state index in [2.05, 4.69) is 4.72 Å². The van der Waals surface area contributed by atoms with Crippen LogP contribution >= 0.6 is 0 Å². The highest BCUT2D eigenvalue weighted by Gasteiger charge is 2.22. The number of unbranched alkanes of at least 4 members (excludes halogenated alkanes) is 1. The van der Waals surface area contributed by atoms with Gasteiger partial charge in [-0.1, -0.05) is 6.92 Å². The first-order chi connectivity index (χ1) is 6.33. The second-order valence-corrected chi connectivity index (χ2v) is 5.93. The van der Waals surface area contributed by atoms with Crippen LogP contribution in [-0.4, -0.2) is 31.4 Å². The van der Waals surface area contributed by atoms with Gasteiger partial charge >= 0.3 is 0 Å². The number of nitrogens with one attached hydrogen (secondary N) is 1. The Morgan fingerprint density at radius 3 is 2.29 bits per heavy atom. The van der Waals surface area contributed by atoms with Crippen molar-refractivity contribution in [2.75, 3.05) is 12.4 Å². The summed E-state index contributed by atoms with van der Waals surface area (Å²) in [6.45, 7) is 5.70. The van der Waals surface area contributed by atoms with Gasteiger partial charge in [0.05, 0.1) is 5.75 Å². The summed E-state index contributed by atoms with van der Waals surface area (Å²) in [4.78, 5) is 0. The van der Waals surface area contributed by atoms with Crippen molar-refractivity contribution in [3.05, 3.63) is 0 Å². The Kier molecular flexibility index (Phi) is 5.63. The van der Waals surface area contributed by atoms with Crippen LogP contribution in [0.3, 0.4) is 0 Å². The molecule has 2 N–H and O–H groups in total. The van der Waals surface area contributed by atoms with E-state index in [1.807, 2.05) is 20.8 Å². The zero-order chi connectivity index (χ0) is 11.2. The predicted molar refractivity (Wildman–Crippen MR) is 57.6 cm³/mol. The smallest absolute Gasteiger partial charge is 0.212 e. The highest BCUT2D eigenvalue weighted by Crippen LogP contribution is 2.09. The van der Waals surface area contributed by atoms with E-state index in [1.54, 1.807) is 0 Å². The first-order valence-corrected chi connectivity index (χ1v) is 6.61. The number of aliphatic hydroxyl groups excluding tert-OH is 1. The van der Waals surface area contributed by atoms with E-state index in [-0.39, 0.29) is 17.9 Å². The molecule has 0 saturated carbocycles. The van der Waals surface area contributed by atoms with Gasteiger partial charge < -0.3 is 5.11 Å². The van der Waals surface area contributed by atoms with Crippen LogP contribution in [0.15, 0.2) is 0 Å². The summed E-state index contributed by atoms with van der Waals surface area (Å²) in [5.74, 6) is 0.0942. The molecule has 0 amide bonds. The standard InChI is InChI=1S/C9H21NO3S/c1-4-9(2,3)10-14(12,13)8-6-5-7-11/h10-11H,4-8H2,1-3H3. The summed E-state index contributed by atoms with van der Waals surface area (Å²) in [7, 11) is -3.18. The molecule has 0 unspecified atom stereocenters. The Labute approximate surface area is 86.8 Å². The van der Waals surface area contributed by atoms with E-state index in [9.17, 15) is 8.42 Å². The largest absolute Gasteiger partial charge is 0.396 e. The first kappa shape index (κ1) is 13.9. The Hall–Kier alpha value is -0.130. The molecule has 0 fully saturated rings. The number of aliphatic hydroxyl groups is 1. The average molecular weight is 223 g/mol. The summed E-state index contributed by atoms with van der Waals surface area (Å²) in [5.41, 5.74) is -0.377. The Morgan fingerprint density at radius 2 is 1.86 bits per heavy atom. The van der Waals surface area contributed by atoms with E-state index in [1.165, 1.54) is 0 Å². The van der Waals surface area contributed by atoms with Crippen LogP contribution in [0.5, 0.6) is 0 Å². The SMILES string of the molecule is CCC(C)(C)NS(=O)(=O)CCCCO. The molecule has 0 atom stereocenters. The molecule has 0 saturated heterocycles. The maximum Gasteiger partial charge on any atom is 0.212 e. The summed E-state index contributed by atoms with van der Waals surface area (Å²) in [6.07, 6.45) is 1.80. The van der Waals surface area contributed by atoms with Gasteiger partial charge in [0, 0.05) is 12.1 Å². The second kappa shape index (κ2) is 5.68. The van der Waals surface area contributed by atoms with Crippen molar-refractivity contribution in [3.8, 4) is 0 Å². The van der Waals surface area contributed by atoms with Gasteiger partial charge in [-0.25, -0.2) is 13.1 Å². The van der Waals surface area contributed by atoms with Gasteiger partial charge in [-0.15, -0.1) is 0 Å². The molecule has 0 spiro atoms. The Morgan fingerprint density at radius 1 is 1.29 bits per heavy atom. The zero-order valence-electron chi connectivity index (χ0n) is 9.21. The molecule has 5 heteroatoms. The molecule has 0 rings (SSSR count). The zero-order valence-corrected chi connectivity index (χ0v) is 10.0. The van der Waals surface area contributed by atoms with Gasteiger partial charge in [0.25, 0.3) is 0 Å². The minimum Gasteiger partial charge on any atom is -0.396 e. The van der Waals surface area contributed by atoms with Crippen molar-refractivity contribution in [2.45, 2.75) is 45.6 Å². The van der Waals surface area contributed by atoms with Crippen molar-refractivity contribution >= 4 is 10.0 Å². The topological polar surface area (TPSA) is 66.4 Å². The third kappa shape index (κ3) is 6.34. The summed E-state index contributed by atoms with van der Waals surface area (Å²) < 4.78 is 25.6. The predicted octanol–water partition coefficient (Wildman–Crippen LogP) is 0.867. The fraction of sp³-hybridized carbons (Fsp3) is 1.00. The van der Waals surface area contributed by atoms with Crippen molar-refractivity contribution in [2.24, 2.45) is 0 Å². The lowest BCUT2D eigenvalue weighted by Gasteiger charge is -2.24. The molecule has 14 heavy (non-hydrogen) atoms. The number of hydrogen-bond acceptors (Lipinski definition) is 3. The maximum absolute atomic E-state index is 11.5. The van der Waals surface area contributed by atoms with Crippen LogP contribution in [0.1, 0.15) is 40.0 Å². The molecule has 0 aliphatic rings. The maximum atomic E-state index is 11.5. The molecule has 0 aliphatic carbocycles. The van der Waals surface area contributed by atoms with Crippen LogP contribution in [0.4, 0.5) is 0 Å². The van der Waals surface area contributed by atoms with Gasteiger partial charge in [-0.3, -0.25) is 0 Å². The van der Waals surface area contributed by atoms with Gasteiger partial charge in [0.2, 0.25) is 10.0 Å². The summed E-state index contributed by atoms with van der Waals surface area (Å²) >= 11 is 0. The molecule has 0 bridgehead atoms. The van der Waals surface area contributed by atoms with Crippen molar-refractivity contribution in [1.29, 1.82) is 0 Å². The van der Waals surface area contributed by atoms with Crippen LogP contribution in [0.2, 0.25) is 0 Å². The summed E-state index contributed by atoms with van der Waals surface area (Å²) in [6, 6.07) is 0. The van der Waals surface area contributed by atoms with Gasteiger partial charge in [-0.05, 0) is 33.1 Å². The molecule has 0 heterocycles. The molecular weight excluding hydrogens is 202 g/mol. The third-order valence-electron chi connectivity index (χ3n) is 2.14. The molecule has 4 nitrogen and oxygen atoms in total. The highest BCUT2D eigenvalue weighted by atomic mass is 32.2. The fourth-order valence-corrected chi connectivity index (χ4v) is 2.62. The lowest BCUT2D eigenvalue weighted by molar-refractivity contribution is 0.287. The van der Waals surface area contributed by atoms with E-state index >= 15 is 0 Å². The van der Waals surface area contributed by atoms with Crippen molar-refractivity contribution in [1.82, 2.24) is 4.72 Å². The molecule has 0 aromatic carbocycles. The monoisotopic (exact) mass is 223 g/mol. The molecule has 0 aromatic rings. The minimum atomic E-state index is -3.18.